The average Bonchev–Trinajstić information content (AvgIpc) is 2.46. The summed E-state index contributed by atoms with van der Waals surface area (Å²) in [5, 5.41) is 9.36. The van der Waals surface area contributed by atoms with Crippen LogP contribution in [0.25, 0.3) is 5.41 Å². The third-order valence-electron chi connectivity index (χ3n) is 2.21. The summed E-state index contributed by atoms with van der Waals surface area (Å²) in [6.07, 6.45) is 0. The first-order chi connectivity index (χ1) is 9.99. The van der Waals surface area contributed by atoms with E-state index in [1.807, 2.05) is 0 Å². The predicted molar refractivity (Wildman–Crippen MR) is 83.2 cm³/mol. The number of ether oxygens (including phenoxy) is 1. The van der Waals surface area contributed by atoms with E-state index in [-0.39, 0.29) is 17.2 Å². The van der Waals surface area contributed by atoms with Crippen molar-refractivity contribution in [3.05, 3.63) is 45.8 Å². The van der Waals surface area contributed by atoms with Crippen LogP contribution in [0.2, 0.25) is 5.02 Å². The lowest BCUT2D eigenvalue weighted by molar-refractivity contribution is -0.137. The highest BCUT2D eigenvalue weighted by atomic mass is 35.5. The Labute approximate surface area is 131 Å². The third kappa shape index (κ3) is 5.00. The number of halogens is 1. The van der Waals surface area contributed by atoms with Crippen LogP contribution in [0.5, 0.6) is 0 Å². The number of rotatable bonds is 4. The number of amides is 1. The Morgan fingerprint density at radius 2 is 1.95 bits per heavy atom. The molecule has 0 atom stereocenters. The van der Waals surface area contributed by atoms with Gasteiger partial charge in [-0.25, -0.2) is 4.79 Å². The van der Waals surface area contributed by atoms with Gasteiger partial charge in [0.15, 0.2) is 0 Å². The van der Waals surface area contributed by atoms with E-state index in [1.54, 1.807) is 24.9 Å². The maximum atomic E-state index is 11.8. The second-order valence-electron chi connectivity index (χ2n) is 3.62. The topological polar surface area (TPSA) is 89.7 Å². The molecular weight excluding hydrogens is 314 g/mol. The molecule has 0 bridgehead atoms. The molecular formula is C13H11ClN3O3S-. The molecule has 0 spiro atoms. The highest BCUT2D eigenvalue weighted by Gasteiger charge is 2.15. The fourth-order valence-electron chi connectivity index (χ4n) is 1.24. The maximum absolute atomic E-state index is 11.8. The summed E-state index contributed by atoms with van der Waals surface area (Å²) in [7, 11) is 0. The van der Waals surface area contributed by atoms with Gasteiger partial charge in [0.25, 0.3) is 5.91 Å². The van der Waals surface area contributed by atoms with Crippen LogP contribution in [-0.4, -0.2) is 29.3 Å². The SMILES string of the molecule is CCOC(=O)C(=C=[N-])C(=S)NNC(=O)c1ccc(Cl)cc1. The Morgan fingerprint density at radius 3 is 2.48 bits per heavy atom. The normalized spacial score (nSPS) is 9.24. The molecule has 110 valence electrons. The maximum Gasteiger partial charge on any atom is 0.347 e. The summed E-state index contributed by atoms with van der Waals surface area (Å²) < 4.78 is 4.67. The average molecular weight is 325 g/mol. The fourth-order valence-corrected chi connectivity index (χ4v) is 1.55. The molecule has 6 nitrogen and oxygen atoms in total. The number of hydrogen-bond donors (Lipinski definition) is 2. The smallest absolute Gasteiger partial charge is 0.347 e. The molecule has 0 unspecified atom stereocenters. The largest absolute Gasteiger partial charge is 0.762 e. The van der Waals surface area contributed by atoms with Gasteiger partial charge in [-0.1, -0.05) is 23.8 Å². The minimum atomic E-state index is -0.849. The number of thiocarbonyl (C=S) groups is 1. The van der Waals surface area contributed by atoms with Crippen LogP contribution >= 0.6 is 23.8 Å². The number of carbonyl (C=O) groups is 2. The van der Waals surface area contributed by atoms with Gasteiger partial charge in [-0.05, 0) is 31.2 Å². The molecule has 1 aromatic rings. The Balaban J connectivity index is 2.63. The van der Waals surface area contributed by atoms with Gasteiger partial charge in [-0.3, -0.25) is 21.5 Å². The number of hydrogen-bond acceptors (Lipinski definition) is 4. The lowest BCUT2D eigenvalue weighted by Gasteiger charge is -2.11. The van der Waals surface area contributed by atoms with Gasteiger partial charge in [0, 0.05) is 10.6 Å². The third-order valence-corrected chi connectivity index (χ3v) is 2.77. The van der Waals surface area contributed by atoms with Crippen molar-refractivity contribution in [2.24, 2.45) is 0 Å². The molecule has 0 saturated heterocycles. The van der Waals surface area contributed by atoms with E-state index in [0.717, 1.165) is 0 Å². The number of nitrogens with zero attached hydrogens (tertiary/aromatic N) is 1. The van der Waals surface area contributed by atoms with E-state index in [2.05, 4.69) is 15.6 Å². The van der Waals surface area contributed by atoms with E-state index in [4.69, 9.17) is 29.2 Å². The van der Waals surface area contributed by atoms with E-state index < -0.39 is 11.9 Å². The Hall–Kier alpha value is -2.21. The van der Waals surface area contributed by atoms with Crippen molar-refractivity contribution >= 4 is 46.6 Å². The Bertz CT molecular complexity index is 610. The standard InChI is InChI=1S/C13H11ClN3O3S/c1-2-20-13(19)10(7-15)12(21)17-16-11(18)8-3-5-9(14)6-4-8/h3-6H,2H2,1H3,(H,16,18)(H,17,21)/q-1. The van der Waals surface area contributed by atoms with Crippen LogP contribution in [0.3, 0.4) is 0 Å². The molecule has 21 heavy (non-hydrogen) atoms. The van der Waals surface area contributed by atoms with Crippen molar-refractivity contribution in [3.63, 3.8) is 0 Å². The summed E-state index contributed by atoms with van der Waals surface area (Å²) in [6.45, 7) is 1.72. The van der Waals surface area contributed by atoms with E-state index in [0.29, 0.717) is 10.6 Å². The molecule has 2 N–H and O–H groups in total. The summed E-state index contributed by atoms with van der Waals surface area (Å²) >= 11 is 10.6. The van der Waals surface area contributed by atoms with Crippen molar-refractivity contribution in [1.82, 2.24) is 10.9 Å². The molecule has 0 aliphatic rings. The fraction of sp³-hybridized carbons (Fsp3) is 0.154. The zero-order chi connectivity index (χ0) is 15.8. The first-order valence-electron chi connectivity index (χ1n) is 5.80. The monoisotopic (exact) mass is 324 g/mol. The highest BCUT2D eigenvalue weighted by Crippen LogP contribution is 2.09. The Morgan fingerprint density at radius 1 is 1.33 bits per heavy atom. The molecule has 1 amide bonds. The molecule has 0 saturated carbocycles. The second-order valence-corrected chi connectivity index (χ2v) is 4.47. The summed E-state index contributed by atoms with van der Waals surface area (Å²) in [5.74, 6) is 0.288. The molecule has 1 aromatic carbocycles. The number of carbonyl (C=O) groups excluding carboxylic acids is 2. The van der Waals surface area contributed by atoms with Crippen molar-refractivity contribution in [1.29, 1.82) is 0 Å². The van der Waals surface area contributed by atoms with Crippen molar-refractivity contribution in [3.8, 4) is 0 Å². The highest BCUT2D eigenvalue weighted by molar-refractivity contribution is 7.80. The minimum absolute atomic E-state index is 0.115. The number of nitrogens with one attached hydrogen (secondary N) is 2. The van der Waals surface area contributed by atoms with E-state index in [1.165, 1.54) is 12.1 Å². The van der Waals surface area contributed by atoms with Gasteiger partial charge in [0.05, 0.1) is 6.61 Å². The molecule has 1 rings (SSSR count). The van der Waals surface area contributed by atoms with Crippen LogP contribution in [0.15, 0.2) is 29.8 Å². The molecule has 0 fully saturated rings. The molecule has 0 radical (unpaired) electrons. The zero-order valence-corrected chi connectivity index (χ0v) is 12.5. The van der Waals surface area contributed by atoms with Crippen LogP contribution in [0.4, 0.5) is 0 Å². The predicted octanol–water partition coefficient (Wildman–Crippen LogP) is 1.63. The van der Waals surface area contributed by atoms with Crippen molar-refractivity contribution in [2.75, 3.05) is 6.61 Å². The lowest BCUT2D eigenvalue weighted by Crippen LogP contribution is -2.42. The molecule has 0 aliphatic carbocycles. The van der Waals surface area contributed by atoms with Crippen LogP contribution in [0.1, 0.15) is 17.3 Å². The first-order valence-corrected chi connectivity index (χ1v) is 6.58. The number of benzene rings is 1. The van der Waals surface area contributed by atoms with Gasteiger partial charge in [-0.15, -0.1) is 0 Å². The number of esters is 1. The minimum Gasteiger partial charge on any atom is -0.762 e. The molecule has 0 heterocycles. The zero-order valence-electron chi connectivity index (χ0n) is 11.0. The second kappa shape index (κ2) is 8.16. The van der Waals surface area contributed by atoms with Gasteiger partial charge in [0.1, 0.15) is 10.6 Å². The quantitative estimate of drug-likeness (QED) is 0.289. The van der Waals surface area contributed by atoms with E-state index >= 15 is 0 Å². The van der Waals surface area contributed by atoms with Crippen molar-refractivity contribution < 1.29 is 14.3 Å². The van der Waals surface area contributed by atoms with E-state index in [9.17, 15) is 9.59 Å². The van der Waals surface area contributed by atoms with Crippen molar-refractivity contribution in [2.45, 2.75) is 6.92 Å². The van der Waals surface area contributed by atoms with Gasteiger partial charge < -0.3 is 10.1 Å². The van der Waals surface area contributed by atoms with Crippen LogP contribution < -0.4 is 10.9 Å². The van der Waals surface area contributed by atoms with Gasteiger partial charge >= 0.3 is 5.97 Å². The summed E-state index contributed by atoms with van der Waals surface area (Å²) in [4.78, 5) is 23.0. The summed E-state index contributed by atoms with van der Waals surface area (Å²) in [5.41, 5.74) is 4.55. The lowest BCUT2D eigenvalue weighted by atomic mass is 10.2. The molecule has 0 aromatic heterocycles. The molecule has 8 heteroatoms. The van der Waals surface area contributed by atoms with Gasteiger partial charge in [-0.2, -0.15) is 0 Å². The van der Waals surface area contributed by atoms with Crippen LogP contribution in [-0.2, 0) is 9.53 Å². The van der Waals surface area contributed by atoms with Crippen LogP contribution in [0, 0.1) is 0 Å². The summed E-state index contributed by atoms with van der Waals surface area (Å²) in [6, 6.07) is 6.14. The molecule has 0 aliphatic heterocycles. The number of hydrazine groups is 1. The van der Waals surface area contributed by atoms with Gasteiger partial charge in [0.2, 0.25) is 0 Å². The first kappa shape index (κ1) is 16.8. The Kier molecular flexibility index (Phi) is 6.55.